The van der Waals surface area contributed by atoms with Crippen molar-refractivity contribution in [1.29, 1.82) is 0 Å². The molecule has 4 rings (SSSR count). The van der Waals surface area contributed by atoms with Gasteiger partial charge in [-0.1, -0.05) is 54.4 Å². The summed E-state index contributed by atoms with van der Waals surface area (Å²) in [6, 6.07) is 0. The zero-order chi connectivity index (χ0) is 21.7. The molecule has 0 aliphatic heterocycles. The second kappa shape index (κ2) is 8.39. The molecule has 0 aromatic heterocycles. The quantitative estimate of drug-likeness (QED) is 0.436. The highest BCUT2D eigenvalue weighted by Gasteiger charge is 2.60. The Morgan fingerprint density at radius 3 is 2.30 bits per heavy atom. The highest BCUT2D eigenvalue weighted by Crippen LogP contribution is 2.68. The first-order chi connectivity index (χ1) is 14.1. The zero-order valence-corrected chi connectivity index (χ0v) is 21.4. The maximum Gasteiger partial charge on any atom is 0.0574 e. The Kier molecular flexibility index (Phi) is 6.47. The molecule has 0 aromatic rings. The lowest BCUT2D eigenvalue weighted by Gasteiger charge is -2.61. The van der Waals surface area contributed by atoms with Gasteiger partial charge in [-0.05, 0) is 116 Å². The van der Waals surface area contributed by atoms with Crippen molar-refractivity contribution in [2.75, 3.05) is 7.11 Å². The molecule has 4 fully saturated rings. The van der Waals surface area contributed by atoms with Crippen LogP contribution in [0, 0.1) is 51.8 Å². The van der Waals surface area contributed by atoms with E-state index in [-0.39, 0.29) is 0 Å². The van der Waals surface area contributed by atoms with Crippen LogP contribution in [0.1, 0.15) is 119 Å². The van der Waals surface area contributed by atoms with E-state index in [0.717, 1.165) is 35.5 Å². The van der Waals surface area contributed by atoms with Crippen molar-refractivity contribution in [2.24, 2.45) is 51.8 Å². The van der Waals surface area contributed by atoms with Crippen LogP contribution in [0.2, 0.25) is 0 Å². The number of methoxy groups -OCH3 is 1. The molecule has 0 spiro atoms. The van der Waals surface area contributed by atoms with Crippen molar-refractivity contribution in [3.8, 4) is 0 Å². The predicted octanol–water partition coefficient (Wildman–Crippen LogP) is 8.51. The van der Waals surface area contributed by atoms with Crippen LogP contribution in [0.25, 0.3) is 0 Å². The standard InChI is InChI=1S/C29H52O/c1-20(9-8-16-27(2,3)4)24-12-13-25-23-11-10-21-19-22(30-7)14-17-28(21,5)26(23)15-18-29(24,25)6/h20-26H,8-19H2,1-7H3/t20-,21-,22+,23+,24-,25+,26+,28+,29-/m1/s1. The van der Waals surface area contributed by atoms with Gasteiger partial charge in [-0.3, -0.25) is 0 Å². The van der Waals surface area contributed by atoms with Gasteiger partial charge in [0.25, 0.3) is 0 Å². The van der Waals surface area contributed by atoms with Crippen LogP contribution < -0.4 is 0 Å². The smallest absolute Gasteiger partial charge is 0.0574 e. The average Bonchev–Trinajstić information content (AvgIpc) is 3.03. The van der Waals surface area contributed by atoms with E-state index >= 15 is 0 Å². The Morgan fingerprint density at radius 2 is 1.60 bits per heavy atom. The Labute approximate surface area is 188 Å². The lowest BCUT2D eigenvalue weighted by molar-refractivity contribution is -0.133. The summed E-state index contributed by atoms with van der Waals surface area (Å²) in [4.78, 5) is 0. The van der Waals surface area contributed by atoms with E-state index in [2.05, 4.69) is 41.5 Å². The lowest BCUT2D eigenvalue weighted by atomic mass is 9.44. The molecule has 1 nitrogen and oxygen atoms in total. The monoisotopic (exact) mass is 416 g/mol. The van der Waals surface area contributed by atoms with Gasteiger partial charge < -0.3 is 4.74 Å². The molecule has 9 atom stereocenters. The van der Waals surface area contributed by atoms with Crippen LogP contribution in [0.15, 0.2) is 0 Å². The van der Waals surface area contributed by atoms with Gasteiger partial charge in [-0.2, -0.15) is 0 Å². The Balaban J connectivity index is 1.44. The number of hydrogen-bond acceptors (Lipinski definition) is 1. The molecule has 4 aliphatic rings. The largest absolute Gasteiger partial charge is 0.381 e. The second-order valence-corrected chi connectivity index (χ2v) is 13.9. The topological polar surface area (TPSA) is 9.23 Å². The minimum Gasteiger partial charge on any atom is -0.381 e. The summed E-state index contributed by atoms with van der Waals surface area (Å²) in [5.41, 5.74) is 1.74. The van der Waals surface area contributed by atoms with Gasteiger partial charge in [0.1, 0.15) is 0 Å². The number of fused-ring (bicyclic) bond motifs is 5. The van der Waals surface area contributed by atoms with Gasteiger partial charge in [-0.15, -0.1) is 0 Å². The summed E-state index contributed by atoms with van der Waals surface area (Å²) in [7, 11) is 1.94. The van der Waals surface area contributed by atoms with E-state index in [4.69, 9.17) is 4.74 Å². The third kappa shape index (κ3) is 4.04. The van der Waals surface area contributed by atoms with E-state index in [9.17, 15) is 0 Å². The number of rotatable bonds is 5. The van der Waals surface area contributed by atoms with E-state index in [1.807, 2.05) is 7.11 Å². The van der Waals surface area contributed by atoms with E-state index in [0.29, 0.717) is 22.3 Å². The maximum atomic E-state index is 5.80. The second-order valence-electron chi connectivity index (χ2n) is 13.9. The predicted molar refractivity (Wildman–Crippen MR) is 128 cm³/mol. The number of ether oxygens (including phenoxy) is 1. The molecule has 174 valence electrons. The van der Waals surface area contributed by atoms with Crippen molar-refractivity contribution in [2.45, 2.75) is 125 Å². The maximum absolute atomic E-state index is 5.80. The number of hydrogen-bond donors (Lipinski definition) is 0. The fraction of sp³-hybridized carbons (Fsp3) is 1.00. The van der Waals surface area contributed by atoms with Crippen LogP contribution >= 0.6 is 0 Å². The molecule has 4 saturated carbocycles. The summed E-state index contributed by atoms with van der Waals surface area (Å²) in [5.74, 6) is 5.87. The van der Waals surface area contributed by atoms with Crippen LogP contribution in [0.3, 0.4) is 0 Å². The molecule has 0 N–H and O–H groups in total. The summed E-state index contributed by atoms with van der Waals surface area (Å²) in [6.07, 6.45) is 18.0. The molecule has 0 amide bonds. The Hall–Kier alpha value is -0.0400. The van der Waals surface area contributed by atoms with E-state index in [1.165, 1.54) is 77.0 Å². The molecule has 0 radical (unpaired) electrons. The summed E-state index contributed by atoms with van der Waals surface area (Å²) in [6.45, 7) is 15.3. The van der Waals surface area contributed by atoms with Crippen molar-refractivity contribution in [3.63, 3.8) is 0 Å². The van der Waals surface area contributed by atoms with Gasteiger partial charge in [0.05, 0.1) is 6.10 Å². The molecule has 0 aromatic carbocycles. The zero-order valence-electron chi connectivity index (χ0n) is 21.4. The van der Waals surface area contributed by atoms with Crippen LogP contribution in [0.4, 0.5) is 0 Å². The first-order valence-electron chi connectivity index (χ1n) is 13.6. The highest BCUT2D eigenvalue weighted by molar-refractivity contribution is 5.09. The Morgan fingerprint density at radius 1 is 0.900 bits per heavy atom. The fourth-order valence-corrected chi connectivity index (χ4v) is 9.56. The van der Waals surface area contributed by atoms with E-state index in [1.54, 1.807) is 0 Å². The fourth-order valence-electron chi connectivity index (χ4n) is 9.56. The third-order valence-electron chi connectivity index (χ3n) is 11.3. The van der Waals surface area contributed by atoms with Gasteiger partial charge in [-0.25, -0.2) is 0 Å². The van der Waals surface area contributed by atoms with Gasteiger partial charge >= 0.3 is 0 Å². The van der Waals surface area contributed by atoms with E-state index < -0.39 is 0 Å². The van der Waals surface area contributed by atoms with Crippen molar-refractivity contribution < 1.29 is 4.74 Å². The molecule has 0 bridgehead atoms. The van der Waals surface area contributed by atoms with Crippen LogP contribution in [-0.4, -0.2) is 13.2 Å². The molecular weight excluding hydrogens is 364 g/mol. The van der Waals surface area contributed by atoms with Gasteiger partial charge in [0.2, 0.25) is 0 Å². The third-order valence-corrected chi connectivity index (χ3v) is 11.3. The molecule has 0 heterocycles. The van der Waals surface area contributed by atoms with Crippen molar-refractivity contribution in [1.82, 2.24) is 0 Å². The van der Waals surface area contributed by atoms with Crippen molar-refractivity contribution in [3.05, 3.63) is 0 Å². The summed E-state index contributed by atoms with van der Waals surface area (Å²) >= 11 is 0. The van der Waals surface area contributed by atoms with Crippen LogP contribution in [-0.2, 0) is 4.74 Å². The first kappa shape index (κ1) is 23.1. The first-order valence-corrected chi connectivity index (χ1v) is 13.6. The molecule has 0 saturated heterocycles. The highest BCUT2D eigenvalue weighted by atomic mass is 16.5. The van der Waals surface area contributed by atoms with Gasteiger partial charge in [0, 0.05) is 7.11 Å². The van der Waals surface area contributed by atoms with Crippen molar-refractivity contribution >= 4 is 0 Å². The SMILES string of the molecule is CO[C@H]1CC[C@@]2(C)[C@H](CC[C@@H]3[C@@H]2CC[C@]2(C)[C@@H]([C@H](C)CCCC(C)(C)C)CC[C@@H]32)C1. The minimum atomic E-state index is 0.496. The molecule has 4 aliphatic carbocycles. The molecule has 0 unspecified atom stereocenters. The normalized spacial score (nSPS) is 47.3. The molecule has 1 heteroatoms. The molecular formula is C29H52O. The average molecular weight is 417 g/mol. The minimum absolute atomic E-state index is 0.496. The van der Waals surface area contributed by atoms with Crippen LogP contribution in [0.5, 0.6) is 0 Å². The van der Waals surface area contributed by atoms with Gasteiger partial charge in [0.15, 0.2) is 0 Å². The lowest BCUT2D eigenvalue weighted by Crippen LogP contribution is -2.54. The summed E-state index contributed by atoms with van der Waals surface area (Å²) < 4.78 is 5.80. The molecule has 30 heavy (non-hydrogen) atoms. The Bertz CT molecular complexity index is 590. The summed E-state index contributed by atoms with van der Waals surface area (Å²) in [5, 5.41) is 0.